The number of nitrogens with one attached hydrogen (secondary N) is 1. The third-order valence-electron chi connectivity index (χ3n) is 3.59. The summed E-state index contributed by atoms with van der Waals surface area (Å²) in [5, 5.41) is 0. The second-order valence-electron chi connectivity index (χ2n) is 4.84. The first-order valence-electron chi connectivity index (χ1n) is 5.93. The summed E-state index contributed by atoms with van der Waals surface area (Å²) in [4.78, 5) is 0.281. The minimum absolute atomic E-state index is 0.0287. The molecule has 1 saturated carbocycles. The van der Waals surface area contributed by atoms with Crippen molar-refractivity contribution in [2.75, 3.05) is 13.1 Å². The fraction of sp³-hybridized carbons (Fsp3) is 0.500. The molecule has 100 valence electrons. The Kier molecular flexibility index (Phi) is 4.11. The molecule has 1 fully saturated rings. The maximum Gasteiger partial charge on any atom is 0.240 e. The molecule has 0 amide bonds. The van der Waals surface area contributed by atoms with E-state index in [9.17, 15) is 8.42 Å². The second-order valence-corrected chi connectivity index (χ2v) is 7.52. The predicted molar refractivity (Wildman–Crippen MR) is 74.7 cm³/mol. The minimum Gasteiger partial charge on any atom is -0.330 e. The third-order valence-corrected chi connectivity index (χ3v) is 5.48. The Morgan fingerprint density at radius 2 is 2.11 bits per heavy atom. The fourth-order valence-electron chi connectivity index (χ4n) is 2.10. The van der Waals surface area contributed by atoms with Crippen LogP contribution in [0.4, 0.5) is 0 Å². The molecule has 18 heavy (non-hydrogen) atoms. The van der Waals surface area contributed by atoms with Crippen LogP contribution in [0.25, 0.3) is 0 Å². The van der Waals surface area contributed by atoms with Crippen LogP contribution in [0, 0.1) is 5.41 Å². The van der Waals surface area contributed by atoms with E-state index in [0.717, 1.165) is 23.7 Å². The van der Waals surface area contributed by atoms with E-state index >= 15 is 0 Å². The summed E-state index contributed by atoms with van der Waals surface area (Å²) in [6.07, 6.45) is 3.14. The van der Waals surface area contributed by atoms with Gasteiger partial charge in [0.25, 0.3) is 0 Å². The summed E-state index contributed by atoms with van der Waals surface area (Å²) in [7, 11) is -3.44. The molecule has 0 heterocycles. The van der Waals surface area contributed by atoms with Crippen molar-refractivity contribution in [3.05, 3.63) is 28.7 Å². The van der Waals surface area contributed by atoms with Gasteiger partial charge in [-0.05, 0) is 43.0 Å². The number of sulfonamides is 1. The molecule has 6 heteroatoms. The molecule has 0 radical (unpaired) electrons. The zero-order valence-electron chi connectivity index (χ0n) is 10.0. The smallest absolute Gasteiger partial charge is 0.240 e. The summed E-state index contributed by atoms with van der Waals surface area (Å²) in [5.74, 6) is 0. The lowest BCUT2D eigenvalue weighted by Crippen LogP contribution is -2.46. The Labute approximate surface area is 116 Å². The van der Waals surface area contributed by atoms with Crippen molar-refractivity contribution in [2.24, 2.45) is 11.1 Å². The van der Waals surface area contributed by atoms with Gasteiger partial charge in [0, 0.05) is 11.0 Å². The zero-order chi connectivity index (χ0) is 13.2. The van der Waals surface area contributed by atoms with Crippen molar-refractivity contribution in [3.63, 3.8) is 0 Å². The van der Waals surface area contributed by atoms with E-state index in [1.165, 1.54) is 0 Å². The highest BCUT2D eigenvalue weighted by atomic mass is 79.9. The maximum absolute atomic E-state index is 12.1. The van der Waals surface area contributed by atoms with E-state index in [1.54, 1.807) is 24.3 Å². The van der Waals surface area contributed by atoms with Gasteiger partial charge in [-0.25, -0.2) is 13.1 Å². The molecule has 1 aromatic rings. The number of rotatable bonds is 5. The number of hydrogen-bond acceptors (Lipinski definition) is 3. The summed E-state index contributed by atoms with van der Waals surface area (Å²) >= 11 is 3.27. The third kappa shape index (κ3) is 2.93. The van der Waals surface area contributed by atoms with Crippen LogP contribution in [0.2, 0.25) is 0 Å². The molecule has 1 aromatic carbocycles. The Hall–Kier alpha value is -0.430. The van der Waals surface area contributed by atoms with E-state index < -0.39 is 10.0 Å². The predicted octanol–water partition coefficient (Wildman–Crippen LogP) is 1.86. The van der Waals surface area contributed by atoms with Gasteiger partial charge in [-0.3, -0.25) is 0 Å². The van der Waals surface area contributed by atoms with E-state index in [-0.39, 0.29) is 10.3 Å². The lowest BCUT2D eigenvalue weighted by Gasteiger charge is -2.40. The van der Waals surface area contributed by atoms with Gasteiger partial charge in [0.2, 0.25) is 10.0 Å². The molecule has 4 nitrogen and oxygen atoms in total. The van der Waals surface area contributed by atoms with Gasteiger partial charge in [-0.1, -0.05) is 28.4 Å². The van der Waals surface area contributed by atoms with Crippen LogP contribution >= 0.6 is 15.9 Å². The number of halogens is 1. The van der Waals surface area contributed by atoms with Crippen LogP contribution in [0.1, 0.15) is 19.3 Å². The SMILES string of the molecule is NCC1(CNS(=O)(=O)c2cccc(Br)c2)CCC1. The van der Waals surface area contributed by atoms with E-state index in [2.05, 4.69) is 20.7 Å². The minimum atomic E-state index is -3.44. The van der Waals surface area contributed by atoms with Crippen LogP contribution < -0.4 is 10.5 Å². The summed E-state index contributed by atoms with van der Waals surface area (Å²) in [5.41, 5.74) is 5.69. The van der Waals surface area contributed by atoms with Crippen molar-refractivity contribution < 1.29 is 8.42 Å². The maximum atomic E-state index is 12.1. The highest BCUT2D eigenvalue weighted by Crippen LogP contribution is 2.39. The molecule has 1 aliphatic carbocycles. The molecular formula is C12H17BrN2O2S. The van der Waals surface area contributed by atoms with E-state index in [4.69, 9.17) is 5.73 Å². The molecule has 1 aliphatic rings. The Morgan fingerprint density at radius 1 is 1.39 bits per heavy atom. The monoisotopic (exact) mass is 332 g/mol. The lowest BCUT2D eigenvalue weighted by molar-refractivity contribution is 0.150. The van der Waals surface area contributed by atoms with E-state index in [0.29, 0.717) is 13.1 Å². The second kappa shape index (κ2) is 5.28. The summed E-state index contributed by atoms with van der Waals surface area (Å²) in [6, 6.07) is 6.69. The Bertz CT molecular complexity index is 521. The molecule has 0 aliphatic heterocycles. The average Bonchev–Trinajstić information content (AvgIpc) is 2.28. The topological polar surface area (TPSA) is 72.2 Å². The fourth-order valence-corrected chi connectivity index (χ4v) is 3.85. The highest BCUT2D eigenvalue weighted by Gasteiger charge is 2.36. The number of benzene rings is 1. The highest BCUT2D eigenvalue weighted by molar-refractivity contribution is 9.10. The normalized spacial score (nSPS) is 18.3. The van der Waals surface area contributed by atoms with Crippen LogP contribution in [-0.4, -0.2) is 21.5 Å². The summed E-state index contributed by atoms with van der Waals surface area (Å²) in [6.45, 7) is 0.965. The Balaban J connectivity index is 2.08. The van der Waals surface area contributed by atoms with Gasteiger partial charge in [-0.15, -0.1) is 0 Å². The van der Waals surface area contributed by atoms with E-state index in [1.807, 2.05) is 0 Å². The van der Waals surface area contributed by atoms with Crippen LogP contribution in [-0.2, 0) is 10.0 Å². The van der Waals surface area contributed by atoms with Crippen LogP contribution in [0.15, 0.2) is 33.6 Å². The number of hydrogen-bond donors (Lipinski definition) is 2. The van der Waals surface area contributed by atoms with Crippen LogP contribution in [0.3, 0.4) is 0 Å². The summed E-state index contributed by atoms with van der Waals surface area (Å²) < 4.78 is 27.6. The molecule has 0 spiro atoms. The molecule has 2 rings (SSSR count). The Morgan fingerprint density at radius 3 is 2.61 bits per heavy atom. The quantitative estimate of drug-likeness (QED) is 0.864. The number of nitrogens with two attached hydrogens (primary N) is 1. The average molecular weight is 333 g/mol. The van der Waals surface area contributed by atoms with Crippen molar-refractivity contribution >= 4 is 26.0 Å². The van der Waals surface area contributed by atoms with Gasteiger partial charge in [-0.2, -0.15) is 0 Å². The van der Waals surface area contributed by atoms with Gasteiger partial charge >= 0.3 is 0 Å². The van der Waals surface area contributed by atoms with Crippen molar-refractivity contribution in [3.8, 4) is 0 Å². The first-order chi connectivity index (χ1) is 8.47. The standard InChI is InChI=1S/C12H17BrN2O2S/c13-10-3-1-4-11(7-10)18(16,17)15-9-12(8-14)5-2-6-12/h1,3-4,7,15H,2,5-6,8-9,14H2. The molecule has 0 aromatic heterocycles. The molecule has 0 unspecified atom stereocenters. The lowest BCUT2D eigenvalue weighted by atomic mass is 9.69. The first-order valence-corrected chi connectivity index (χ1v) is 8.20. The molecular weight excluding hydrogens is 316 g/mol. The molecule has 0 atom stereocenters. The zero-order valence-corrected chi connectivity index (χ0v) is 12.4. The first kappa shape index (κ1) is 14.0. The molecule has 3 N–H and O–H groups in total. The van der Waals surface area contributed by atoms with Gasteiger partial charge < -0.3 is 5.73 Å². The van der Waals surface area contributed by atoms with Crippen molar-refractivity contribution in [2.45, 2.75) is 24.2 Å². The van der Waals surface area contributed by atoms with Gasteiger partial charge in [0.1, 0.15) is 0 Å². The molecule has 0 bridgehead atoms. The van der Waals surface area contributed by atoms with Crippen molar-refractivity contribution in [1.29, 1.82) is 0 Å². The molecule has 0 saturated heterocycles. The largest absolute Gasteiger partial charge is 0.330 e. The van der Waals surface area contributed by atoms with Gasteiger partial charge in [0.15, 0.2) is 0 Å². The van der Waals surface area contributed by atoms with Gasteiger partial charge in [0.05, 0.1) is 4.90 Å². The van der Waals surface area contributed by atoms with Crippen LogP contribution in [0.5, 0.6) is 0 Å². The van der Waals surface area contributed by atoms with Crippen molar-refractivity contribution in [1.82, 2.24) is 4.72 Å².